The Morgan fingerprint density at radius 1 is 1.10 bits per heavy atom. The number of hydrogen-bond acceptors (Lipinski definition) is 2. The van der Waals surface area contributed by atoms with Crippen LogP contribution in [0, 0.1) is 11.7 Å². The molecule has 1 fully saturated rings. The highest BCUT2D eigenvalue weighted by atomic mass is 35.5. The van der Waals surface area contributed by atoms with Gasteiger partial charge in [0.15, 0.2) is 0 Å². The predicted molar refractivity (Wildman–Crippen MR) is 82.6 cm³/mol. The lowest BCUT2D eigenvalue weighted by Crippen LogP contribution is -2.46. The van der Waals surface area contributed by atoms with Crippen LogP contribution in [0.3, 0.4) is 0 Å². The summed E-state index contributed by atoms with van der Waals surface area (Å²) in [6.07, 6.45) is -0.162. The lowest BCUT2D eigenvalue weighted by atomic mass is 9.91. The van der Waals surface area contributed by atoms with Crippen molar-refractivity contribution in [2.75, 3.05) is 13.1 Å². The molecule has 0 bridgehead atoms. The molecule has 0 aliphatic carbocycles. The normalized spacial score (nSPS) is 16.3. The SMILES string of the molecule is Fc1ccc(C(Oc2ccc(Cl)cc2)C2CNC2)cc1Cl. The lowest BCUT2D eigenvalue weighted by Gasteiger charge is -2.35. The van der Waals surface area contributed by atoms with Gasteiger partial charge in [-0.25, -0.2) is 4.39 Å². The second-order valence-corrected chi connectivity index (χ2v) is 5.93. The molecule has 0 saturated carbocycles. The predicted octanol–water partition coefficient (Wildman–Crippen LogP) is 4.47. The summed E-state index contributed by atoms with van der Waals surface area (Å²) in [5, 5.41) is 4.00. The summed E-state index contributed by atoms with van der Waals surface area (Å²) in [6.45, 7) is 1.74. The molecule has 1 aliphatic heterocycles. The Labute approximate surface area is 132 Å². The van der Waals surface area contributed by atoms with E-state index in [1.807, 2.05) is 12.1 Å². The fraction of sp³-hybridized carbons (Fsp3) is 0.250. The minimum atomic E-state index is -0.419. The van der Waals surface area contributed by atoms with Gasteiger partial charge in [0.05, 0.1) is 5.02 Å². The average molecular weight is 326 g/mol. The number of halogens is 3. The molecule has 0 spiro atoms. The molecule has 1 atom stereocenters. The number of benzene rings is 2. The third-order valence-electron chi connectivity index (χ3n) is 3.59. The molecule has 1 N–H and O–H groups in total. The van der Waals surface area contributed by atoms with Crippen LogP contribution in [-0.4, -0.2) is 13.1 Å². The fourth-order valence-electron chi connectivity index (χ4n) is 2.31. The van der Waals surface area contributed by atoms with Gasteiger partial charge in [-0.05, 0) is 42.0 Å². The van der Waals surface area contributed by atoms with Crippen LogP contribution in [0.4, 0.5) is 4.39 Å². The smallest absolute Gasteiger partial charge is 0.141 e. The van der Waals surface area contributed by atoms with Crippen LogP contribution in [0.5, 0.6) is 5.75 Å². The van der Waals surface area contributed by atoms with Crippen molar-refractivity contribution < 1.29 is 9.13 Å². The van der Waals surface area contributed by atoms with Gasteiger partial charge in [-0.1, -0.05) is 29.3 Å². The number of nitrogens with one attached hydrogen (secondary N) is 1. The van der Waals surface area contributed by atoms with Crippen LogP contribution in [0.1, 0.15) is 11.7 Å². The first-order chi connectivity index (χ1) is 10.1. The number of rotatable bonds is 4. The summed E-state index contributed by atoms with van der Waals surface area (Å²) in [4.78, 5) is 0. The quantitative estimate of drug-likeness (QED) is 0.895. The average Bonchev–Trinajstić information content (AvgIpc) is 2.41. The first-order valence-corrected chi connectivity index (χ1v) is 7.47. The number of ether oxygens (including phenoxy) is 1. The molecule has 1 aliphatic rings. The maximum Gasteiger partial charge on any atom is 0.141 e. The maximum atomic E-state index is 13.3. The molecule has 0 aromatic heterocycles. The van der Waals surface area contributed by atoms with Crippen molar-refractivity contribution >= 4 is 23.2 Å². The summed E-state index contributed by atoms with van der Waals surface area (Å²) >= 11 is 11.8. The Bertz CT molecular complexity index is 629. The molecular weight excluding hydrogens is 312 g/mol. The zero-order valence-electron chi connectivity index (χ0n) is 11.2. The van der Waals surface area contributed by atoms with E-state index in [9.17, 15) is 4.39 Å². The van der Waals surface area contributed by atoms with E-state index in [2.05, 4.69) is 5.32 Å². The Balaban J connectivity index is 1.86. The molecule has 5 heteroatoms. The van der Waals surface area contributed by atoms with E-state index in [0.29, 0.717) is 10.9 Å². The van der Waals surface area contributed by atoms with Crippen molar-refractivity contribution in [2.24, 2.45) is 5.92 Å². The monoisotopic (exact) mass is 325 g/mol. The largest absolute Gasteiger partial charge is 0.485 e. The Morgan fingerprint density at radius 2 is 1.81 bits per heavy atom. The summed E-state index contributed by atoms with van der Waals surface area (Å²) in [5.74, 6) is 0.649. The number of hydrogen-bond donors (Lipinski definition) is 1. The topological polar surface area (TPSA) is 21.3 Å². The van der Waals surface area contributed by atoms with Crippen molar-refractivity contribution in [3.05, 3.63) is 63.9 Å². The maximum absolute atomic E-state index is 13.3. The highest BCUT2D eigenvalue weighted by Crippen LogP contribution is 2.33. The second kappa shape index (κ2) is 6.22. The van der Waals surface area contributed by atoms with E-state index in [0.717, 1.165) is 24.4 Å². The molecule has 0 amide bonds. The zero-order valence-corrected chi connectivity index (χ0v) is 12.7. The van der Waals surface area contributed by atoms with Crippen LogP contribution in [0.25, 0.3) is 0 Å². The van der Waals surface area contributed by atoms with Gasteiger partial charge in [0.1, 0.15) is 17.7 Å². The second-order valence-electron chi connectivity index (χ2n) is 5.08. The third-order valence-corrected chi connectivity index (χ3v) is 4.13. The molecule has 2 nitrogen and oxygen atoms in total. The molecule has 2 aromatic rings. The molecule has 110 valence electrons. The van der Waals surface area contributed by atoms with Gasteiger partial charge in [0.25, 0.3) is 0 Å². The van der Waals surface area contributed by atoms with Gasteiger partial charge in [0, 0.05) is 24.0 Å². The highest BCUT2D eigenvalue weighted by molar-refractivity contribution is 6.31. The van der Waals surface area contributed by atoms with Gasteiger partial charge >= 0.3 is 0 Å². The fourth-order valence-corrected chi connectivity index (χ4v) is 2.63. The molecule has 1 heterocycles. The molecule has 1 saturated heterocycles. The zero-order chi connectivity index (χ0) is 14.8. The van der Waals surface area contributed by atoms with Crippen LogP contribution in [0.15, 0.2) is 42.5 Å². The van der Waals surface area contributed by atoms with Crippen molar-refractivity contribution in [3.8, 4) is 5.75 Å². The van der Waals surface area contributed by atoms with Crippen molar-refractivity contribution in [2.45, 2.75) is 6.10 Å². The Kier molecular flexibility index (Phi) is 4.34. The Hall–Kier alpha value is -1.29. The summed E-state index contributed by atoms with van der Waals surface area (Å²) in [5.41, 5.74) is 0.878. The minimum absolute atomic E-state index is 0.115. The standard InChI is InChI=1S/C16H14Cl2FNO/c17-12-2-4-13(5-3-12)21-16(11-8-20-9-11)10-1-6-15(19)14(18)7-10/h1-7,11,16,20H,8-9H2. The molecule has 3 rings (SSSR count). The van der Waals surface area contributed by atoms with E-state index >= 15 is 0 Å². The summed E-state index contributed by atoms with van der Waals surface area (Å²) in [6, 6.07) is 12.0. The molecule has 1 unspecified atom stereocenters. The van der Waals surface area contributed by atoms with E-state index in [4.69, 9.17) is 27.9 Å². The van der Waals surface area contributed by atoms with Gasteiger partial charge in [-0.3, -0.25) is 0 Å². The van der Waals surface area contributed by atoms with Crippen LogP contribution >= 0.6 is 23.2 Å². The summed E-state index contributed by atoms with van der Waals surface area (Å²) < 4.78 is 19.4. The molecule has 21 heavy (non-hydrogen) atoms. The van der Waals surface area contributed by atoms with Crippen molar-refractivity contribution in [1.82, 2.24) is 5.32 Å². The van der Waals surface area contributed by atoms with Gasteiger partial charge in [-0.2, -0.15) is 0 Å². The third kappa shape index (κ3) is 3.31. The minimum Gasteiger partial charge on any atom is -0.485 e. The van der Waals surface area contributed by atoms with Crippen LogP contribution in [0.2, 0.25) is 10.0 Å². The van der Waals surface area contributed by atoms with E-state index in [1.54, 1.807) is 24.3 Å². The Morgan fingerprint density at radius 3 is 2.38 bits per heavy atom. The van der Waals surface area contributed by atoms with E-state index < -0.39 is 5.82 Å². The molecular formula is C16H14Cl2FNO. The van der Waals surface area contributed by atoms with Gasteiger partial charge in [0.2, 0.25) is 0 Å². The van der Waals surface area contributed by atoms with E-state index in [-0.39, 0.29) is 11.1 Å². The van der Waals surface area contributed by atoms with Crippen LogP contribution < -0.4 is 10.1 Å². The van der Waals surface area contributed by atoms with Gasteiger partial charge < -0.3 is 10.1 Å². The summed E-state index contributed by atoms with van der Waals surface area (Å²) in [7, 11) is 0. The molecule has 0 radical (unpaired) electrons. The first-order valence-electron chi connectivity index (χ1n) is 6.71. The van der Waals surface area contributed by atoms with Crippen molar-refractivity contribution in [1.29, 1.82) is 0 Å². The first kappa shape index (κ1) is 14.6. The van der Waals surface area contributed by atoms with E-state index in [1.165, 1.54) is 6.07 Å². The lowest BCUT2D eigenvalue weighted by molar-refractivity contribution is 0.0993. The van der Waals surface area contributed by atoms with Gasteiger partial charge in [-0.15, -0.1) is 0 Å². The van der Waals surface area contributed by atoms with Crippen LogP contribution in [-0.2, 0) is 0 Å². The van der Waals surface area contributed by atoms with Crippen molar-refractivity contribution in [3.63, 3.8) is 0 Å². The molecule has 2 aromatic carbocycles. The highest BCUT2D eigenvalue weighted by Gasteiger charge is 2.30.